The van der Waals surface area contributed by atoms with Crippen molar-refractivity contribution < 1.29 is 9.53 Å². The van der Waals surface area contributed by atoms with Crippen LogP contribution in [0.1, 0.15) is 78.4 Å². The van der Waals surface area contributed by atoms with Crippen molar-refractivity contribution >= 4 is 17.2 Å². The molecule has 0 saturated carbocycles. The Kier molecular flexibility index (Phi) is 7.01. The zero-order chi connectivity index (χ0) is 26.9. The SMILES string of the molecule is COc1cc(C(=O)N2[C@@H](c3nccs3)[C@@H](c3cnccn3)C[C@]2(C)Cc2ccccn2)ccc1C(C)(C)C. The van der Waals surface area contributed by atoms with E-state index in [-0.39, 0.29) is 23.3 Å². The van der Waals surface area contributed by atoms with Crippen molar-refractivity contribution in [3.8, 4) is 5.75 Å². The van der Waals surface area contributed by atoms with Crippen LogP contribution in [0.2, 0.25) is 0 Å². The number of benzene rings is 1. The van der Waals surface area contributed by atoms with Crippen LogP contribution in [-0.2, 0) is 11.8 Å². The first-order valence-corrected chi connectivity index (χ1v) is 13.7. The summed E-state index contributed by atoms with van der Waals surface area (Å²) in [7, 11) is 1.66. The topological polar surface area (TPSA) is 81.1 Å². The Morgan fingerprint density at radius 1 is 1.11 bits per heavy atom. The second-order valence-corrected chi connectivity index (χ2v) is 12.0. The normalized spacial score (nSPS) is 21.4. The van der Waals surface area contributed by atoms with Crippen molar-refractivity contribution in [1.29, 1.82) is 0 Å². The van der Waals surface area contributed by atoms with Gasteiger partial charge in [0, 0.05) is 65.5 Å². The van der Waals surface area contributed by atoms with Crippen molar-refractivity contribution in [2.45, 2.75) is 63.5 Å². The maximum Gasteiger partial charge on any atom is 0.255 e. The average molecular weight is 528 g/mol. The van der Waals surface area contributed by atoms with Gasteiger partial charge in [0.25, 0.3) is 5.91 Å². The molecule has 0 bridgehead atoms. The summed E-state index contributed by atoms with van der Waals surface area (Å²) < 4.78 is 5.75. The minimum absolute atomic E-state index is 0.0613. The number of pyridine rings is 1. The molecular weight excluding hydrogens is 494 g/mol. The fourth-order valence-corrected chi connectivity index (χ4v) is 6.43. The molecule has 0 unspecified atom stereocenters. The van der Waals surface area contributed by atoms with E-state index in [1.807, 2.05) is 52.9 Å². The highest BCUT2D eigenvalue weighted by atomic mass is 32.1. The van der Waals surface area contributed by atoms with Gasteiger partial charge >= 0.3 is 0 Å². The highest BCUT2D eigenvalue weighted by Gasteiger charge is 2.54. The molecule has 0 spiro atoms. The Hall–Kier alpha value is -3.65. The summed E-state index contributed by atoms with van der Waals surface area (Å²) in [6, 6.07) is 11.4. The first-order chi connectivity index (χ1) is 18.2. The predicted octanol–water partition coefficient (Wildman–Crippen LogP) is 6.01. The van der Waals surface area contributed by atoms with Crippen molar-refractivity contribution in [3.63, 3.8) is 0 Å². The molecule has 1 saturated heterocycles. The van der Waals surface area contributed by atoms with Gasteiger partial charge in [-0.05, 0) is 48.6 Å². The summed E-state index contributed by atoms with van der Waals surface area (Å²) in [6.45, 7) is 8.57. The quantitative estimate of drug-likeness (QED) is 0.306. The zero-order valence-electron chi connectivity index (χ0n) is 22.5. The molecule has 196 valence electrons. The van der Waals surface area contributed by atoms with Gasteiger partial charge in [-0.2, -0.15) is 0 Å². The summed E-state index contributed by atoms with van der Waals surface area (Å²) in [5.41, 5.74) is 2.78. The Morgan fingerprint density at radius 2 is 1.95 bits per heavy atom. The Balaban J connectivity index is 1.65. The molecule has 8 heteroatoms. The molecule has 0 aliphatic carbocycles. The van der Waals surface area contributed by atoms with Crippen molar-refractivity contribution in [2.24, 2.45) is 0 Å². The molecule has 0 N–H and O–H groups in total. The summed E-state index contributed by atoms with van der Waals surface area (Å²) >= 11 is 1.56. The number of carbonyl (C=O) groups excluding carboxylic acids is 1. The number of ether oxygens (including phenoxy) is 1. The highest BCUT2D eigenvalue weighted by Crippen LogP contribution is 2.53. The number of nitrogens with zero attached hydrogens (tertiary/aromatic N) is 5. The number of thiazole rings is 1. The van der Waals surface area contributed by atoms with E-state index in [0.29, 0.717) is 24.2 Å². The molecule has 1 fully saturated rings. The molecule has 4 heterocycles. The predicted molar refractivity (Wildman–Crippen MR) is 148 cm³/mol. The van der Waals surface area contributed by atoms with E-state index in [2.05, 4.69) is 47.6 Å². The molecule has 7 nitrogen and oxygen atoms in total. The summed E-state index contributed by atoms with van der Waals surface area (Å²) in [5.74, 6) is 0.585. The Morgan fingerprint density at radius 3 is 2.58 bits per heavy atom. The van der Waals surface area contributed by atoms with Gasteiger partial charge in [-0.3, -0.25) is 19.7 Å². The van der Waals surface area contributed by atoms with Crippen LogP contribution in [0, 0.1) is 0 Å². The molecular formula is C30H33N5O2S. The fraction of sp³-hybridized carbons (Fsp3) is 0.367. The van der Waals surface area contributed by atoms with E-state index in [1.54, 1.807) is 43.2 Å². The van der Waals surface area contributed by atoms with E-state index in [9.17, 15) is 4.79 Å². The molecule has 38 heavy (non-hydrogen) atoms. The van der Waals surface area contributed by atoms with Crippen LogP contribution >= 0.6 is 11.3 Å². The van der Waals surface area contributed by atoms with E-state index < -0.39 is 5.54 Å². The fourth-order valence-electron chi connectivity index (χ4n) is 5.64. The van der Waals surface area contributed by atoms with Crippen LogP contribution in [-0.4, -0.2) is 43.4 Å². The van der Waals surface area contributed by atoms with Crippen molar-refractivity contribution in [1.82, 2.24) is 24.8 Å². The van der Waals surface area contributed by atoms with E-state index in [4.69, 9.17) is 4.74 Å². The van der Waals surface area contributed by atoms with Gasteiger partial charge < -0.3 is 9.64 Å². The maximum absolute atomic E-state index is 14.6. The van der Waals surface area contributed by atoms with E-state index in [1.165, 1.54) is 0 Å². The van der Waals surface area contributed by atoms with Crippen LogP contribution in [0.4, 0.5) is 0 Å². The largest absolute Gasteiger partial charge is 0.496 e. The summed E-state index contributed by atoms with van der Waals surface area (Å²) in [4.78, 5) is 34.9. The molecule has 1 aliphatic heterocycles. The number of likely N-dealkylation sites (tertiary alicyclic amines) is 1. The van der Waals surface area contributed by atoms with Crippen LogP contribution < -0.4 is 4.74 Å². The smallest absolute Gasteiger partial charge is 0.255 e. The molecule has 1 aromatic carbocycles. The van der Waals surface area contributed by atoms with Gasteiger partial charge in [-0.15, -0.1) is 11.3 Å². The van der Waals surface area contributed by atoms with Gasteiger partial charge in [0.1, 0.15) is 10.8 Å². The number of aromatic nitrogens is 4. The summed E-state index contributed by atoms with van der Waals surface area (Å²) in [6.07, 6.45) is 10.1. The monoisotopic (exact) mass is 527 g/mol. The lowest BCUT2D eigenvalue weighted by atomic mass is 9.85. The zero-order valence-corrected chi connectivity index (χ0v) is 23.3. The Labute approximate surface area is 228 Å². The molecule has 3 atom stereocenters. The number of amides is 1. The van der Waals surface area contributed by atoms with Gasteiger partial charge in [0.05, 0.1) is 18.8 Å². The second-order valence-electron chi connectivity index (χ2n) is 11.1. The number of rotatable bonds is 6. The molecule has 4 aromatic rings. The molecule has 0 radical (unpaired) electrons. The highest BCUT2D eigenvalue weighted by molar-refractivity contribution is 7.09. The number of methoxy groups -OCH3 is 1. The lowest BCUT2D eigenvalue weighted by Crippen LogP contribution is -2.48. The van der Waals surface area contributed by atoms with Crippen LogP contribution in [0.15, 0.2) is 72.8 Å². The molecule has 5 rings (SSSR count). The third-order valence-corrected chi connectivity index (χ3v) is 8.18. The van der Waals surface area contributed by atoms with Gasteiger partial charge in [0.15, 0.2) is 0 Å². The lowest BCUT2D eigenvalue weighted by molar-refractivity contribution is 0.0518. The first-order valence-electron chi connectivity index (χ1n) is 12.8. The third-order valence-electron chi connectivity index (χ3n) is 7.33. The minimum atomic E-state index is -0.542. The lowest BCUT2D eigenvalue weighted by Gasteiger charge is -2.38. The van der Waals surface area contributed by atoms with Gasteiger partial charge in [-0.1, -0.05) is 32.9 Å². The standard InChI is InChI=1S/C30H33N5O2S/c1-29(2,3)23-10-9-20(16-25(23)37-5)28(36)35-26(27-34-14-15-38-27)22(24-19-31-12-13-33-24)18-30(35,4)17-21-8-6-7-11-32-21/h6-16,19,22,26H,17-18H2,1-5H3/t22-,26-,30+/m1/s1. The third kappa shape index (κ3) is 4.92. The van der Waals surface area contributed by atoms with Crippen molar-refractivity contribution in [2.75, 3.05) is 7.11 Å². The van der Waals surface area contributed by atoms with Crippen LogP contribution in [0.5, 0.6) is 5.75 Å². The van der Waals surface area contributed by atoms with E-state index in [0.717, 1.165) is 22.0 Å². The van der Waals surface area contributed by atoms with E-state index >= 15 is 0 Å². The Bertz CT molecular complexity index is 1390. The van der Waals surface area contributed by atoms with Gasteiger partial charge in [-0.25, -0.2) is 4.98 Å². The average Bonchev–Trinajstić information content (AvgIpc) is 3.54. The molecule has 1 amide bonds. The summed E-state index contributed by atoms with van der Waals surface area (Å²) in [5, 5.41) is 2.85. The maximum atomic E-state index is 14.6. The van der Waals surface area contributed by atoms with Crippen LogP contribution in [0.3, 0.4) is 0 Å². The minimum Gasteiger partial charge on any atom is -0.496 e. The molecule has 3 aromatic heterocycles. The van der Waals surface area contributed by atoms with Gasteiger partial charge in [0.2, 0.25) is 0 Å². The second kappa shape index (κ2) is 10.3. The number of carbonyl (C=O) groups is 1. The number of hydrogen-bond donors (Lipinski definition) is 0. The van der Waals surface area contributed by atoms with Crippen molar-refractivity contribution in [3.05, 3.63) is 100 Å². The van der Waals surface area contributed by atoms with Crippen LogP contribution in [0.25, 0.3) is 0 Å². The first kappa shape index (κ1) is 26.0. The molecule has 1 aliphatic rings. The number of hydrogen-bond acceptors (Lipinski definition) is 7.